The van der Waals surface area contributed by atoms with Crippen molar-refractivity contribution in [1.82, 2.24) is 5.32 Å². The molecular formula is C18H19ClN2O3. The minimum Gasteiger partial charge on any atom is -0.456 e. The molecule has 1 saturated heterocycles. The Morgan fingerprint density at radius 2 is 2.17 bits per heavy atom. The summed E-state index contributed by atoms with van der Waals surface area (Å²) in [4.78, 5) is 26.5. The molecule has 1 aromatic carbocycles. The van der Waals surface area contributed by atoms with Gasteiger partial charge in [0.05, 0.1) is 10.7 Å². The van der Waals surface area contributed by atoms with Gasteiger partial charge in [0, 0.05) is 13.0 Å². The van der Waals surface area contributed by atoms with Crippen LogP contribution in [0.3, 0.4) is 0 Å². The number of hydrogen-bond donors (Lipinski definition) is 1. The molecule has 2 amide bonds. The third-order valence-corrected chi connectivity index (χ3v) is 4.54. The van der Waals surface area contributed by atoms with Gasteiger partial charge < -0.3 is 14.6 Å². The summed E-state index contributed by atoms with van der Waals surface area (Å²) in [5.74, 6) is 0.511. The van der Waals surface area contributed by atoms with Crippen LogP contribution >= 0.6 is 11.6 Å². The molecule has 1 aliphatic heterocycles. The average molecular weight is 347 g/mol. The van der Waals surface area contributed by atoms with Crippen molar-refractivity contribution in [1.29, 1.82) is 0 Å². The largest absolute Gasteiger partial charge is 0.456 e. The van der Waals surface area contributed by atoms with E-state index in [1.165, 1.54) is 0 Å². The van der Waals surface area contributed by atoms with Crippen molar-refractivity contribution >= 4 is 29.1 Å². The topological polar surface area (TPSA) is 62.6 Å². The Morgan fingerprint density at radius 1 is 1.42 bits per heavy atom. The summed E-state index contributed by atoms with van der Waals surface area (Å²) in [6, 6.07) is 8.33. The first-order valence-corrected chi connectivity index (χ1v) is 8.35. The van der Waals surface area contributed by atoms with Crippen LogP contribution in [0.4, 0.5) is 5.69 Å². The number of hydrogen-bond acceptors (Lipinski definition) is 3. The first kappa shape index (κ1) is 16.6. The number of benzene rings is 1. The molecule has 0 spiro atoms. The van der Waals surface area contributed by atoms with Gasteiger partial charge in [-0.3, -0.25) is 9.59 Å². The molecule has 2 aromatic rings. The second-order valence-corrected chi connectivity index (χ2v) is 6.23. The number of halogens is 1. The monoisotopic (exact) mass is 346 g/mol. The Bertz CT molecular complexity index is 784. The van der Waals surface area contributed by atoms with E-state index in [4.69, 9.17) is 16.0 Å². The molecule has 5 nitrogen and oxygen atoms in total. The number of aryl methyl sites for hydroxylation is 2. The van der Waals surface area contributed by atoms with Crippen LogP contribution in [0.15, 0.2) is 34.7 Å². The van der Waals surface area contributed by atoms with Crippen LogP contribution in [0.25, 0.3) is 0 Å². The van der Waals surface area contributed by atoms with E-state index in [2.05, 4.69) is 5.32 Å². The van der Waals surface area contributed by atoms with Crippen LogP contribution in [0.1, 0.15) is 35.2 Å². The third kappa shape index (κ3) is 3.04. The Balaban J connectivity index is 1.71. The minimum absolute atomic E-state index is 0.157. The van der Waals surface area contributed by atoms with Gasteiger partial charge in [-0.1, -0.05) is 30.7 Å². The SMILES string of the molecule is CCc1oc(C(=O)N[C@@H]2CCN(c3ccccc3Cl)C2=O)cc1C. The Labute approximate surface area is 145 Å². The highest BCUT2D eigenvalue weighted by Crippen LogP contribution is 2.29. The zero-order valence-corrected chi connectivity index (χ0v) is 14.4. The number of amides is 2. The summed E-state index contributed by atoms with van der Waals surface area (Å²) < 4.78 is 5.54. The smallest absolute Gasteiger partial charge is 0.287 e. The van der Waals surface area contributed by atoms with Crippen molar-refractivity contribution in [3.05, 3.63) is 52.4 Å². The summed E-state index contributed by atoms with van der Waals surface area (Å²) in [5, 5.41) is 3.28. The number of carbonyl (C=O) groups is 2. The van der Waals surface area contributed by atoms with Crippen molar-refractivity contribution in [2.45, 2.75) is 32.7 Å². The summed E-state index contributed by atoms with van der Waals surface area (Å²) in [5.41, 5.74) is 1.61. The van der Waals surface area contributed by atoms with Gasteiger partial charge in [-0.15, -0.1) is 0 Å². The molecular weight excluding hydrogens is 328 g/mol. The first-order valence-electron chi connectivity index (χ1n) is 7.97. The van der Waals surface area contributed by atoms with E-state index in [0.29, 0.717) is 23.7 Å². The number of rotatable bonds is 4. The van der Waals surface area contributed by atoms with Crippen LogP contribution < -0.4 is 10.2 Å². The molecule has 126 valence electrons. The quantitative estimate of drug-likeness (QED) is 0.923. The number of anilines is 1. The standard InChI is InChI=1S/C18H19ClN2O3/c1-3-15-11(2)10-16(24-15)17(22)20-13-8-9-21(18(13)23)14-7-5-4-6-12(14)19/h4-7,10,13H,3,8-9H2,1-2H3,(H,20,22)/t13-/m1/s1. The van der Waals surface area contributed by atoms with Gasteiger partial charge in [-0.25, -0.2) is 0 Å². The van der Waals surface area contributed by atoms with Crippen molar-refractivity contribution in [3.63, 3.8) is 0 Å². The van der Waals surface area contributed by atoms with E-state index in [0.717, 1.165) is 17.7 Å². The molecule has 1 atom stereocenters. The van der Waals surface area contributed by atoms with E-state index >= 15 is 0 Å². The van der Waals surface area contributed by atoms with Gasteiger partial charge >= 0.3 is 0 Å². The Kier molecular flexibility index (Phi) is 4.62. The number of furan rings is 1. The minimum atomic E-state index is -0.566. The van der Waals surface area contributed by atoms with Crippen molar-refractivity contribution in [2.24, 2.45) is 0 Å². The summed E-state index contributed by atoms with van der Waals surface area (Å²) >= 11 is 6.16. The van der Waals surface area contributed by atoms with Gasteiger partial charge in [-0.2, -0.15) is 0 Å². The molecule has 0 aliphatic carbocycles. The maximum atomic E-state index is 12.6. The van der Waals surface area contributed by atoms with Crippen molar-refractivity contribution in [2.75, 3.05) is 11.4 Å². The number of nitrogens with zero attached hydrogens (tertiary/aromatic N) is 1. The van der Waals surface area contributed by atoms with E-state index in [9.17, 15) is 9.59 Å². The van der Waals surface area contributed by atoms with Gasteiger partial charge in [0.2, 0.25) is 5.91 Å². The fourth-order valence-corrected chi connectivity index (χ4v) is 3.17. The van der Waals surface area contributed by atoms with Crippen LogP contribution in [0.2, 0.25) is 5.02 Å². The van der Waals surface area contributed by atoms with Crippen LogP contribution in [0, 0.1) is 6.92 Å². The molecule has 2 heterocycles. The molecule has 1 N–H and O–H groups in total. The van der Waals surface area contributed by atoms with Crippen LogP contribution in [-0.2, 0) is 11.2 Å². The predicted octanol–water partition coefficient (Wildman–Crippen LogP) is 3.34. The van der Waals surface area contributed by atoms with E-state index in [1.807, 2.05) is 26.0 Å². The highest BCUT2D eigenvalue weighted by molar-refractivity contribution is 6.34. The third-order valence-electron chi connectivity index (χ3n) is 4.22. The summed E-state index contributed by atoms with van der Waals surface area (Å²) in [6.45, 7) is 4.39. The Morgan fingerprint density at radius 3 is 2.83 bits per heavy atom. The molecule has 0 radical (unpaired) electrons. The molecule has 0 saturated carbocycles. The zero-order chi connectivity index (χ0) is 17.3. The van der Waals surface area contributed by atoms with Gasteiger partial charge in [0.25, 0.3) is 5.91 Å². The van der Waals surface area contributed by atoms with Crippen molar-refractivity contribution in [3.8, 4) is 0 Å². The lowest BCUT2D eigenvalue weighted by Gasteiger charge is -2.18. The lowest BCUT2D eigenvalue weighted by Crippen LogP contribution is -2.41. The van der Waals surface area contributed by atoms with Crippen LogP contribution in [0.5, 0.6) is 0 Å². The van der Waals surface area contributed by atoms with Gasteiger partial charge in [-0.05, 0) is 37.1 Å². The molecule has 1 aromatic heterocycles. The summed E-state index contributed by atoms with van der Waals surface area (Å²) in [6.07, 6.45) is 1.26. The first-order chi connectivity index (χ1) is 11.5. The maximum absolute atomic E-state index is 12.6. The Hall–Kier alpha value is -2.27. The van der Waals surface area contributed by atoms with Gasteiger partial charge in [0.15, 0.2) is 5.76 Å². The molecule has 0 bridgehead atoms. The maximum Gasteiger partial charge on any atom is 0.287 e. The molecule has 1 aliphatic rings. The predicted molar refractivity (Wildman–Crippen MR) is 92.5 cm³/mol. The molecule has 0 unspecified atom stereocenters. The van der Waals surface area contributed by atoms with Crippen molar-refractivity contribution < 1.29 is 14.0 Å². The molecule has 3 rings (SSSR count). The van der Waals surface area contributed by atoms with E-state index in [1.54, 1.807) is 23.1 Å². The normalized spacial score (nSPS) is 17.4. The highest BCUT2D eigenvalue weighted by Gasteiger charge is 2.35. The van der Waals surface area contributed by atoms with Gasteiger partial charge in [0.1, 0.15) is 11.8 Å². The fraction of sp³-hybridized carbons (Fsp3) is 0.333. The molecule has 6 heteroatoms. The second-order valence-electron chi connectivity index (χ2n) is 5.83. The number of para-hydroxylation sites is 1. The number of nitrogens with one attached hydrogen (secondary N) is 1. The summed E-state index contributed by atoms with van der Waals surface area (Å²) in [7, 11) is 0. The lowest BCUT2D eigenvalue weighted by molar-refractivity contribution is -0.118. The fourth-order valence-electron chi connectivity index (χ4n) is 2.94. The molecule has 24 heavy (non-hydrogen) atoms. The average Bonchev–Trinajstić information content (AvgIpc) is 3.12. The van der Waals surface area contributed by atoms with E-state index < -0.39 is 6.04 Å². The second kappa shape index (κ2) is 6.69. The molecule has 1 fully saturated rings. The van der Waals surface area contributed by atoms with E-state index in [-0.39, 0.29) is 17.6 Å². The van der Waals surface area contributed by atoms with Crippen LogP contribution in [-0.4, -0.2) is 24.4 Å². The lowest BCUT2D eigenvalue weighted by atomic mass is 10.2. The number of carbonyl (C=O) groups excluding carboxylic acids is 2. The highest BCUT2D eigenvalue weighted by atomic mass is 35.5. The zero-order valence-electron chi connectivity index (χ0n) is 13.6.